The third-order valence-electron chi connectivity index (χ3n) is 4.41. The Morgan fingerprint density at radius 1 is 0.879 bits per heavy atom. The van der Waals surface area contributed by atoms with E-state index in [2.05, 4.69) is 25.6 Å². The average molecular weight is 470 g/mol. The molecule has 0 atom stereocenters. The number of benzene rings is 1. The van der Waals surface area contributed by atoms with E-state index in [9.17, 15) is 26.3 Å². The van der Waals surface area contributed by atoms with Crippen LogP contribution < -0.4 is 10.6 Å². The van der Waals surface area contributed by atoms with Crippen molar-refractivity contribution in [3.63, 3.8) is 0 Å². The standard InChI is InChI=1S/C21H20F6N6/c1-33(2)10-9-29-19-31-17(16-5-3-4-8-28-16)12-18(32-19)30-15-7-6-13(20(22,23)24)11-14(15)21(25,26)27/h3-8,11-12H,9-10H2,1-2H3,(H2,29,30,31,32). The van der Waals surface area contributed by atoms with Crippen LogP contribution in [0.1, 0.15) is 11.1 Å². The quantitative estimate of drug-likeness (QED) is 0.458. The van der Waals surface area contributed by atoms with Crippen molar-refractivity contribution in [3.8, 4) is 11.4 Å². The lowest BCUT2D eigenvalue weighted by molar-refractivity contribution is -0.142. The van der Waals surface area contributed by atoms with Gasteiger partial charge in [0.2, 0.25) is 5.95 Å². The van der Waals surface area contributed by atoms with Gasteiger partial charge >= 0.3 is 12.4 Å². The van der Waals surface area contributed by atoms with Crippen LogP contribution in [-0.2, 0) is 12.4 Å². The second kappa shape index (κ2) is 9.61. The summed E-state index contributed by atoms with van der Waals surface area (Å²) in [4.78, 5) is 14.6. The fourth-order valence-corrected chi connectivity index (χ4v) is 2.83. The summed E-state index contributed by atoms with van der Waals surface area (Å²) in [5.41, 5.74) is -2.66. The Morgan fingerprint density at radius 3 is 2.24 bits per heavy atom. The van der Waals surface area contributed by atoms with Crippen molar-refractivity contribution in [3.05, 3.63) is 59.8 Å². The predicted molar refractivity (Wildman–Crippen MR) is 112 cm³/mol. The third-order valence-corrected chi connectivity index (χ3v) is 4.41. The molecule has 0 aliphatic carbocycles. The summed E-state index contributed by atoms with van der Waals surface area (Å²) < 4.78 is 79.4. The summed E-state index contributed by atoms with van der Waals surface area (Å²) in [6.45, 7) is 1.09. The number of halogens is 6. The minimum Gasteiger partial charge on any atom is -0.353 e. The largest absolute Gasteiger partial charge is 0.418 e. The number of nitrogens with one attached hydrogen (secondary N) is 2. The minimum atomic E-state index is -5.02. The highest BCUT2D eigenvalue weighted by Gasteiger charge is 2.38. The van der Waals surface area contributed by atoms with Crippen molar-refractivity contribution in [1.82, 2.24) is 19.9 Å². The maximum atomic E-state index is 13.5. The molecule has 0 aliphatic rings. The second-order valence-corrected chi connectivity index (χ2v) is 7.29. The van der Waals surface area contributed by atoms with E-state index in [4.69, 9.17) is 0 Å². The molecule has 0 radical (unpaired) electrons. The molecule has 6 nitrogen and oxygen atoms in total. The molecule has 3 rings (SSSR count). The SMILES string of the molecule is CN(C)CCNc1nc(Nc2ccc(C(F)(F)F)cc2C(F)(F)F)cc(-c2ccccn2)n1. The zero-order chi connectivity index (χ0) is 24.2. The molecule has 2 N–H and O–H groups in total. The van der Waals surface area contributed by atoms with Gasteiger partial charge in [-0.15, -0.1) is 0 Å². The van der Waals surface area contributed by atoms with E-state index in [1.807, 2.05) is 19.0 Å². The molecule has 0 spiro atoms. The van der Waals surface area contributed by atoms with Crippen LogP contribution >= 0.6 is 0 Å². The van der Waals surface area contributed by atoms with E-state index in [1.54, 1.807) is 18.2 Å². The number of hydrogen-bond acceptors (Lipinski definition) is 6. The summed E-state index contributed by atoms with van der Waals surface area (Å²) in [7, 11) is 3.73. The number of alkyl halides is 6. The van der Waals surface area contributed by atoms with Crippen molar-refractivity contribution >= 4 is 17.5 Å². The van der Waals surface area contributed by atoms with E-state index >= 15 is 0 Å². The molecule has 12 heteroatoms. The van der Waals surface area contributed by atoms with Crippen LogP contribution in [0.15, 0.2) is 48.7 Å². The van der Waals surface area contributed by atoms with Crippen LogP contribution in [-0.4, -0.2) is 47.0 Å². The van der Waals surface area contributed by atoms with Gasteiger partial charge < -0.3 is 15.5 Å². The molecule has 0 saturated carbocycles. The Kier molecular flexibility index (Phi) is 7.06. The molecule has 0 unspecified atom stereocenters. The van der Waals surface area contributed by atoms with Crippen molar-refractivity contribution in [2.24, 2.45) is 0 Å². The van der Waals surface area contributed by atoms with E-state index in [-0.39, 0.29) is 17.8 Å². The lowest BCUT2D eigenvalue weighted by atomic mass is 10.1. The van der Waals surface area contributed by atoms with Crippen LogP contribution in [0.2, 0.25) is 0 Å². The Hall–Kier alpha value is -3.41. The lowest BCUT2D eigenvalue weighted by Crippen LogP contribution is -2.21. The van der Waals surface area contributed by atoms with Gasteiger partial charge in [-0.3, -0.25) is 4.98 Å². The molecule has 33 heavy (non-hydrogen) atoms. The molecule has 0 amide bonds. The van der Waals surface area contributed by atoms with Gasteiger partial charge in [-0.1, -0.05) is 6.07 Å². The first kappa shape index (κ1) is 24.2. The van der Waals surface area contributed by atoms with Gasteiger partial charge in [-0.25, -0.2) is 4.98 Å². The van der Waals surface area contributed by atoms with Crippen molar-refractivity contribution in [2.75, 3.05) is 37.8 Å². The fraction of sp³-hybridized carbons (Fsp3) is 0.286. The minimum absolute atomic E-state index is 0.0386. The third kappa shape index (κ3) is 6.54. The Labute approximate surface area is 185 Å². The molecular weight excluding hydrogens is 450 g/mol. The summed E-state index contributed by atoms with van der Waals surface area (Å²) >= 11 is 0. The van der Waals surface area contributed by atoms with Crippen molar-refractivity contribution in [1.29, 1.82) is 0 Å². The summed E-state index contributed by atoms with van der Waals surface area (Å²) in [6, 6.07) is 7.82. The van der Waals surface area contributed by atoms with Crippen LogP contribution in [0.25, 0.3) is 11.4 Å². The van der Waals surface area contributed by atoms with Crippen molar-refractivity contribution in [2.45, 2.75) is 12.4 Å². The zero-order valence-corrected chi connectivity index (χ0v) is 17.6. The number of aromatic nitrogens is 3. The average Bonchev–Trinajstić information content (AvgIpc) is 2.73. The molecule has 3 aromatic rings. The van der Waals surface area contributed by atoms with Gasteiger partial charge in [0.15, 0.2) is 0 Å². The summed E-state index contributed by atoms with van der Waals surface area (Å²) in [6.07, 6.45) is -8.41. The van der Waals surface area contributed by atoms with Crippen LogP contribution in [0.4, 0.5) is 43.8 Å². The Balaban J connectivity index is 2.01. The molecule has 2 heterocycles. The summed E-state index contributed by atoms with van der Waals surface area (Å²) in [5, 5.41) is 5.47. The monoisotopic (exact) mass is 470 g/mol. The van der Waals surface area contributed by atoms with Crippen LogP contribution in [0.5, 0.6) is 0 Å². The van der Waals surface area contributed by atoms with Gasteiger partial charge in [-0.05, 0) is 44.4 Å². The Morgan fingerprint density at radius 2 is 1.64 bits per heavy atom. The molecule has 0 bridgehead atoms. The second-order valence-electron chi connectivity index (χ2n) is 7.29. The highest BCUT2D eigenvalue weighted by molar-refractivity contribution is 5.67. The Bertz CT molecular complexity index is 1080. The lowest BCUT2D eigenvalue weighted by Gasteiger charge is -2.17. The molecule has 0 fully saturated rings. The van der Waals surface area contributed by atoms with Crippen LogP contribution in [0.3, 0.4) is 0 Å². The maximum Gasteiger partial charge on any atom is 0.418 e. The fourth-order valence-electron chi connectivity index (χ4n) is 2.83. The number of pyridine rings is 1. The predicted octanol–water partition coefficient (Wildman–Crippen LogP) is 5.29. The summed E-state index contributed by atoms with van der Waals surface area (Å²) in [5.74, 6) is 0.0891. The highest BCUT2D eigenvalue weighted by Crippen LogP contribution is 2.40. The number of hydrogen-bond donors (Lipinski definition) is 2. The molecule has 2 aromatic heterocycles. The molecular formula is C21H20F6N6. The maximum absolute atomic E-state index is 13.5. The van der Waals surface area contributed by atoms with E-state index < -0.39 is 29.2 Å². The van der Waals surface area contributed by atoms with Gasteiger partial charge in [-0.2, -0.15) is 31.3 Å². The number of rotatable bonds is 7. The molecule has 176 valence electrons. The first-order valence-corrected chi connectivity index (χ1v) is 9.68. The van der Waals surface area contributed by atoms with Gasteiger partial charge in [0.1, 0.15) is 5.82 Å². The topological polar surface area (TPSA) is 66.0 Å². The molecule has 1 aromatic carbocycles. The van der Waals surface area contributed by atoms with Gasteiger partial charge in [0.25, 0.3) is 0 Å². The zero-order valence-electron chi connectivity index (χ0n) is 17.6. The highest BCUT2D eigenvalue weighted by atomic mass is 19.4. The molecule has 0 saturated heterocycles. The number of likely N-dealkylation sites (N-methyl/N-ethyl adjacent to an activating group) is 1. The van der Waals surface area contributed by atoms with E-state index in [1.165, 1.54) is 12.3 Å². The van der Waals surface area contributed by atoms with Gasteiger partial charge in [0.05, 0.1) is 28.2 Å². The number of nitrogens with zero attached hydrogens (tertiary/aromatic N) is 4. The van der Waals surface area contributed by atoms with Crippen molar-refractivity contribution < 1.29 is 26.3 Å². The smallest absolute Gasteiger partial charge is 0.353 e. The first-order chi connectivity index (χ1) is 15.4. The van der Waals surface area contributed by atoms with Crippen LogP contribution in [0, 0.1) is 0 Å². The normalized spacial score (nSPS) is 12.2. The van der Waals surface area contributed by atoms with E-state index in [0.29, 0.717) is 30.5 Å². The number of anilines is 3. The first-order valence-electron chi connectivity index (χ1n) is 9.68. The van der Waals surface area contributed by atoms with E-state index in [0.717, 1.165) is 6.07 Å². The van der Waals surface area contributed by atoms with Gasteiger partial charge in [0, 0.05) is 25.4 Å². The molecule has 0 aliphatic heterocycles.